The van der Waals surface area contributed by atoms with Gasteiger partial charge in [-0.05, 0) is 48.4 Å². The molecule has 2 aromatic carbocycles. The molecule has 0 atom stereocenters. The van der Waals surface area contributed by atoms with Crippen LogP contribution in [0.5, 0.6) is 0 Å². The van der Waals surface area contributed by atoms with Gasteiger partial charge in [0.15, 0.2) is 0 Å². The average molecular weight is 382 g/mol. The standard InChI is InChI=1S/C24H22N4O/c1-16-2-7-22-20(12-16)21(13-23(28-22)19-8-10-26-11-9-19)24(29)27-15-18-5-3-17(14-25)4-6-18/h2-13H,14-15,25H2,1H3,(H,27,29). The number of nitrogens with zero attached hydrogens (tertiary/aromatic N) is 2. The lowest BCUT2D eigenvalue weighted by Crippen LogP contribution is -2.23. The van der Waals surface area contributed by atoms with Crippen molar-refractivity contribution in [3.63, 3.8) is 0 Å². The van der Waals surface area contributed by atoms with Crippen molar-refractivity contribution >= 4 is 16.8 Å². The van der Waals surface area contributed by atoms with Crippen molar-refractivity contribution in [1.29, 1.82) is 0 Å². The zero-order chi connectivity index (χ0) is 20.2. The SMILES string of the molecule is Cc1ccc2nc(-c3ccncc3)cc(C(=O)NCc3ccc(CN)cc3)c2c1. The molecule has 2 heterocycles. The maximum Gasteiger partial charge on any atom is 0.252 e. The van der Waals surface area contributed by atoms with Gasteiger partial charge in [0.25, 0.3) is 5.91 Å². The van der Waals surface area contributed by atoms with Gasteiger partial charge in [0.05, 0.1) is 16.8 Å². The first-order valence-electron chi connectivity index (χ1n) is 9.52. The third-order valence-corrected chi connectivity index (χ3v) is 4.90. The van der Waals surface area contributed by atoms with Crippen LogP contribution >= 0.6 is 0 Å². The number of nitrogens with one attached hydrogen (secondary N) is 1. The molecule has 0 aliphatic rings. The van der Waals surface area contributed by atoms with E-state index in [1.54, 1.807) is 12.4 Å². The summed E-state index contributed by atoms with van der Waals surface area (Å²) in [5.74, 6) is -0.124. The maximum atomic E-state index is 13.1. The summed E-state index contributed by atoms with van der Waals surface area (Å²) < 4.78 is 0. The number of rotatable bonds is 5. The molecule has 3 N–H and O–H groups in total. The highest BCUT2D eigenvalue weighted by atomic mass is 16.1. The molecule has 5 heteroatoms. The summed E-state index contributed by atoms with van der Waals surface area (Å²) in [6.45, 7) is 2.97. The Morgan fingerprint density at radius 3 is 2.41 bits per heavy atom. The molecule has 0 saturated heterocycles. The fourth-order valence-electron chi connectivity index (χ4n) is 3.27. The van der Waals surface area contributed by atoms with Gasteiger partial charge in [0, 0.05) is 36.4 Å². The van der Waals surface area contributed by atoms with Crippen LogP contribution in [0, 0.1) is 6.92 Å². The van der Waals surface area contributed by atoms with Gasteiger partial charge in [-0.2, -0.15) is 0 Å². The van der Waals surface area contributed by atoms with Gasteiger partial charge < -0.3 is 11.1 Å². The summed E-state index contributed by atoms with van der Waals surface area (Å²) in [6.07, 6.45) is 3.45. The lowest BCUT2D eigenvalue weighted by Gasteiger charge is -2.11. The highest BCUT2D eigenvalue weighted by molar-refractivity contribution is 6.07. The Bertz CT molecular complexity index is 1150. The minimum absolute atomic E-state index is 0.124. The quantitative estimate of drug-likeness (QED) is 0.547. The number of aromatic nitrogens is 2. The smallest absolute Gasteiger partial charge is 0.252 e. The highest BCUT2D eigenvalue weighted by Gasteiger charge is 2.14. The third kappa shape index (κ3) is 4.15. The minimum Gasteiger partial charge on any atom is -0.348 e. The summed E-state index contributed by atoms with van der Waals surface area (Å²) >= 11 is 0. The molecule has 4 rings (SSSR count). The first-order valence-corrected chi connectivity index (χ1v) is 9.52. The molecule has 0 radical (unpaired) electrons. The molecule has 0 bridgehead atoms. The summed E-state index contributed by atoms with van der Waals surface area (Å²) in [4.78, 5) is 21.9. The van der Waals surface area contributed by atoms with E-state index >= 15 is 0 Å². The van der Waals surface area contributed by atoms with Gasteiger partial charge >= 0.3 is 0 Å². The van der Waals surface area contributed by atoms with Crippen molar-refractivity contribution in [1.82, 2.24) is 15.3 Å². The molecule has 4 aromatic rings. The number of fused-ring (bicyclic) bond motifs is 1. The average Bonchev–Trinajstić information content (AvgIpc) is 2.77. The van der Waals surface area contributed by atoms with Crippen molar-refractivity contribution in [2.24, 2.45) is 5.73 Å². The van der Waals surface area contributed by atoms with Gasteiger partial charge in [-0.25, -0.2) is 4.98 Å². The first kappa shape index (κ1) is 18.8. The number of amides is 1. The molecule has 2 aromatic heterocycles. The summed E-state index contributed by atoms with van der Waals surface area (Å²) in [5.41, 5.74) is 11.9. The van der Waals surface area contributed by atoms with Crippen LogP contribution in [0.2, 0.25) is 0 Å². The third-order valence-electron chi connectivity index (χ3n) is 4.90. The molecular formula is C24H22N4O. The maximum absolute atomic E-state index is 13.1. The van der Waals surface area contributed by atoms with Crippen LogP contribution in [-0.4, -0.2) is 15.9 Å². The Labute approximate surface area is 169 Å². The Hall–Kier alpha value is -3.57. The number of hydrogen-bond donors (Lipinski definition) is 2. The summed E-state index contributed by atoms with van der Waals surface area (Å²) in [7, 11) is 0. The predicted octanol–water partition coefficient (Wildman–Crippen LogP) is 3.99. The van der Waals surface area contributed by atoms with E-state index in [-0.39, 0.29) is 5.91 Å². The topological polar surface area (TPSA) is 80.9 Å². The Balaban J connectivity index is 1.68. The molecule has 0 fully saturated rings. The number of hydrogen-bond acceptors (Lipinski definition) is 4. The van der Waals surface area contributed by atoms with E-state index in [2.05, 4.69) is 10.3 Å². The second-order valence-electron chi connectivity index (χ2n) is 7.01. The Morgan fingerprint density at radius 1 is 0.966 bits per heavy atom. The van der Waals surface area contributed by atoms with Crippen LogP contribution in [0.4, 0.5) is 0 Å². The first-order chi connectivity index (χ1) is 14.1. The van der Waals surface area contributed by atoms with Crippen LogP contribution in [0.25, 0.3) is 22.2 Å². The van der Waals surface area contributed by atoms with Gasteiger partial charge in [0.2, 0.25) is 0 Å². The van der Waals surface area contributed by atoms with E-state index in [0.29, 0.717) is 18.7 Å². The molecule has 144 valence electrons. The zero-order valence-corrected chi connectivity index (χ0v) is 16.2. The zero-order valence-electron chi connectivity index (χ0n) is 16.2. The number of nitrogens with two attached hydrogens (primary N) is 1. The van der Waals surface area contributed by atoms with Crippen molar-refractivity contribution < 1.29 is 4.79 Å². The molecule has 0 aliphatic heterocycles. The molecule has 0 aliphatic carbocycles. The number of aryl methyl sites for hydroxylation is 1. The molecule has 0 unspecified atom stereocenters. The summed E-state index contributed by atoms with van der Waals surface area (Å²) in [6, 6.07) is 19.5. The van der Waals surface area contributed by atoms with E-state index in [9.17, 15) is 4.79 Å². The van der Waals surface area contributed by atoms with Crippen molar-refractivity contribution in [2.45, 2.75) is 20.0 Å². The Morgan fingerprint density at radius 2 is 1.69 bits per heavy atom. The van der Waals surface area contributed by atoms with Crippen LogP contribution in [-0.2, 0) is 13.1 Å². The monoisotopic (exact) mass is 382 g/mol. The fraction of sp³-hybridized carbons (Fsp3) is 0.125. The Kier molecular flexibility index (Phi) is 5.31. The second kappa shape index (κ2) is 8.20. The largest absolute Gasteiger partial charge is 0.348 e. The van der Waals surface area contributed by atoms with Crippen molar-refractivity contribution in [2.75, 3.05) is 0 Å². The predicted molar refractivity (Wildman–Crippen MR) is 115 cm³/mol. The molecule has 1 amide bonds. The normalized spacial score (nSPS) is 10.8. The number of carbonyl (C=O) groups is 1. The van der Waals surface area contributed by atoms with Crippen LogP contribution < -0.4 is 11.1 Å². The summed E-state index contributed by atoms with van der Waals surface area (Å²) in [5, 5.41) is 3.88. The van der Waals surface area contributed by atoms with Gasteiger partial charge in [-0.15, -0.1) is 0 Å². The van der Waals surface area contributed by atoms with E-state index in [1.165, 1.54) is 0 Å². The lowest BCUT2D eigenvalue weighted by atomic mass is 10.0. The second-order valence-corrected chi connectivity index (χ2v) is 7.01. The van der Waals surface area contributed by atoms with E-state index in [4.69, 9.17) is 10.7 Å². The minimum atomic E-state index is -0.124. The van der Waals surface area contributed by atoms with Crippen LogP contribution in [0.15, 0.2) is 73.1 Å². The molecule has 0 saturated carbocycles. The molecular weight excluding hydrogens is 360 g/mol. The van der Waals surface area contributed by atoms with Gasteiger partial charge in [0.1, 0.15) is 0 Å². The van der Waals surface area contributed by atoms with Crippen molar-refractivity contribution in [3.05, 3.63) is 95.3 Å². The molecule has 0 spiro atoms. The van der Waals surface area contributed by atoms with E-state index in [1.807, 2.05) is 67.6 Å². The van der Waals surface area contributed by atoms with Crippen LogP contribution in [0.1, 0.15) is 27.0 Å². The van der Waals surface area contributed by atoms with E-state index < -0.39 is 0 Å². The molecule has 29 heavy (non-hydrogen) atoms. The van der Waals surface area contributed by atoms with Crippen molar-refractivity contribution in [3.8, 4) is 11.3 Å². The molecule has 5 nitrogen and oxygen atoms in total. The highest BCUT2D eigenvalue weighted by Crippen LogP contribution is 2.25. The number of pyridine rings is 2. The lowest BCUT2D eigenvalue weighted by molar-refractivity contribution is 0.0952. The fourth-order valence-corrected chi connectivity index (χ4v) is 3.27. The van der Waals surface area contributed by atoms with Gasteiger partial charge in [-0.3, -0.25) is 9.78 Å². The number of carbonyl (C=O) groups excluding carboxylic acids is 1. The van der Waals surface area contributed by atoms with Crippen LogP contribution in [0.3, 0.4) is 0 Å². The van der Waals surface area contributed by atoms with E-state index in [0.717, 1.165) is 38.9 Å². The number of benzene rings is 2. The van der Waals surface area contributed by atoms with Gasteiger partial charge in [-0.1, -0.05) is 35.9 Å².